The molecule has 0 spiro atoms. The van der Waals surface area contributed by atoms with Gasteiger partial charge < -0.3 is 9.26 Å². The Kier molecular flexibility index (Phi) is 5.83. The second-order valence-electron chi connectivity index (χ2n) is 8.22. The summed E-state index contributed by atoms with van der Waals surface area (Å²) in [7, 11) is 1.70. The van der Waals surface area contributed by atoms with Gasteiger partial charge in [0.1, 0.15) is 11.5 Å². The van der Waals surface area contributed by atoms with Crippen molar-refractivity contribution in [2.45, 2.75) is 39.3 Å². The standard InChI is InChI=1S/C23H31N3O2/c1-17-23(18(2)28-24-17)16-25-13-20-6-9-21(15-25)26(14-20)12-4-5-19-7-10-22(27-3)11-8-19/h4-5,7-8,10-11,20-21H,6,9,12-16H2,1-3H3/b5-4+/t20-,21+/m1/s1. The van der Waals surface area contributed by atoms with Gasteiger partial charge in [-0.2, -0.15) is 0 Å². The van der Waals surface area contributed by atoms with Crippen LogP contribution in [0.4, 0.5) is 0 Å². The number of aromatic nitrogens is 1. The number of fused-ring (bicyclic) bond motifs is 4. The fraction of sp³-hybridized carbons (Fsp3) is 0.522. The molecule has 3 saturated heterocycles. The molecule has 150 valence electrons. The Hall–Kier alpha value is -2.11. The molecule has 3 aliphatic heterocycles. The summed E-state index contributed by atoms with van der Waals surface area (Å²) in [6, 6.07) is 8.88. The average molecular weight is 382 g/mol. The quantitative estimate of drug-likeness (QED) is 0.759. The molecule has 0 N–H and O–H groups in total. The number of hydrogen-bond donors (Lipinski definition) is 0. The summed E-state index contributed by atoms with van der Waals surface area (Å²) in [4.78, 5) is 5.28. The third-order valence-electron chi connectivity index (χ3n) is 6.23. The first-order valence-corrected chi connectivity index (χ1v) is 10.3. The molecule has 5 rings (SSSR count). The van der Waals surface area contributed by atoms with Crippen LogP contribution < -0.4 is 4.74 Å². The summed E-state index contributed by atoms with van der Waals surface area (Å²) >= 11 is 0. The topological polar surface area (TPSA) is 41.7 Å². The van der Waals surface area contributed by atoms with Crippen LogP contribution in [-0.4, -0.2) is 54.3 Å². The van der Waals surface area contributed by atoms with E-state index in [0.717, 1.165) is 42.8 Å². The number of rotatable bonds is 6. The van der Waals surface area contributed by atoms with E-state index in [9.17, 15) is 0 Å². The molecule has 0 aliphatic carbocycles. The van der Waals surface area contributed by atoms with E-state index in [0.29, 0.717) is 6.04 Å². The van der Waals surface area contributed by atoms with Gasteiger partial charge in [-0.3, -0.25) is 9.80 Å². The van der Waals surface area contributed by atoms with Crippen LogP contribution >= 0.6 is 0 Å². The van der Waals surface area contributed by atoms with Crippen LogP contribution in [0.15, 0.2) is 34.9 Å². The first kappa shape index (κ1) is 19.2. The fourth-order valence-corrected chi connectivity index (χ4v) is 4.62. The maximum absolute atomic E-state index is 5.36. The molecule has 0 unspecified atom stereocenters. The number of benzene rings is 1. The molecular formula is C23H31N3O2. The summed E-state index contributed by atoms with van der Waals surface area (Å²) in [5.74, 6) is 2.63. The van der Waals surface area contributed by atoms with Gasteiger partial charge in [0.05, 0.1) is 12.8 Å². The Morgan fingerprint density at radius 1 is 1.14 bits per heavy atom. The Balaban J connectivity index is 1.37. The van der Waals surface area contributed by atoms with Crippen molar-refractivity contribution < 1.29 is 9.26 Å². The zero-order valence-electron chi connectivity index (χ0n) is 17.2. The van der Waals surface area contributed by atoms with Gasteiger partial charge in [0.25, 0.3) is 0 Å². The van der Waals surface area contributed by atoms with Gasteiger partial charge in [-0.15, -0.1) is 0 Å². The highest BCUT2D eigenvalue weighted by Crippen LogP contribution is 2.29. The van der Waals surface area contributed by atoms with Crippen molar-refractivity contribution in [1.82, 2.24) is 15.0 Å². The van der Waals surface area contributed by atoms with Crippen LogP contribution in [0.3, 0.4) is 0 Å². The number of nitrogens with zero attached hydrogens (tertiary/aromatic N) is 3. The van der Waals surface area contributed by atoms with Crippen LogP contribution in [0.2, 0.25) is 0 Å². The van der Waals surface area contributed by atoms with Crippen LogP contribution in [0.5, 0.6) is 5.75 Å². The largest absolute Gasteiger partial charge is 0.497 e. The van der Waals surface area contributed by atoms with Gasteiger partial charge in [0.15, 0.2) is 0 Å². The van der Waals surface area contributed by atoms with Crippen molar-refractivity contribution in [2.24, 2.45) is 5.92 Å². The molecule has 2 atom stereocenters. The number of ether oxygens (including phenoxy) is 1. The molecule has 3 fully saturated rings. The van der Waals surface area contributed by atoms with Gasteiger partial charge in [-0.25, -0.2) is 0 Å². The summed E-state index contributed by atoms with van der Waals surface area (Å²) in [5, 5.41) is 4.12. The van der Waals surface area contributed by atoms with Crippen LogP contribution in [0, 0.1) is 19.8 Å². The fourth-order valence-electron chi connectivity index (χ4n) is 4.62. The van der Waals surface area contributed by atoms with E-state index in [-0.39, 0.29) is 0 Å². The predicted molar refractivity (Wildman–Crippen MR) is 111 cm³/mol. The molecule has 3 aliphatic rings. The van der Waals surface area contributed by atoms with Gasteiger partial charge in [0.2, 0.25) is 0 Å². The van der Waals surface area contributed by atoms with E-state index in [2.05, 4.69) is 46.2 Å². The Morgan fingerprint density at radius 3 is 2.68 bits per heavy atom. The van der Waals surface area contributed by atoms with Crippen LogP contribution in [0.1, 0.15) is 35.4 Å². The van der Waals surface area contributed by atoms with E-state index in [1.54, 1.807) is 7.11 Å². The zero-order chi connectivity index (χ0) is 19.5. The Labute approximate surface area is 167 Å². The molecule has 1 aromatic carbocycles. The van der Waals surface area contributed by atoms with Crippen molar-refractivity contribution in [2.75, 3.05) is 33.3 Å². The lowest BCUT2D eigenvalue weighted by Gasteiger charge is -2.35. The minimum absolute atomic E-state index is 0.639. The molecule has 4 heterocycles. The third kappa shape index (κ3) is 4.31. The summed E-state index contributed by atoms with van der Waals surface area (Å²) in [5.41, 5.74) is 3.53. The first-order valence-electron chi connectivity index (χ1n) is 10.3. The molecule has 28 heavy (non-hydrogen) atoms. The molecule has 0 saturated carbocycles. The minimum Gasteiger partial charge on any atom is -0.497 e. The van der Waals surface area contributed by atoms with Crippen molar-refractivity contribution in [3.05, 3.63) is 52.9 Å². The molecule has 0 radical (unpaired) electrons. The van der Waals surface area contributed by atoms with Gasteiger partial charge in [0, 0.05) is 44.3 Å². The van der Waals surface area contributed by atoms with Crippen LogP contribution in [-0.2, 0) is 6.54 Å². The van der Waals surface area contributed by atoms with Crippen molar-refractivity contribution in [1.29, 1.82) is 0 Å². The van der Waals surface area contributed by atoms with Gasteiger partial charge in [-0.1, -0.05) is 29.4 Å². The first-order chi connectivity index (χ1) is 13.6. The summed E-state index contributed by atoms with van der Waals surface area (Å²) in [6.45, 7) is 9.58. The van der Waals surface area contributed by atoms with Crippen molar-refractivity contribution >= 4 is 6.08 Å². The normalized spacial score (nSPS) is 23.4. The maximum Gasteiger partial charge on any atom is 0.138 e. The molecule has 5 heteroatoms. The highest BCUT2D eigenvalue weighted by Gasteiger charge is 2.34. The molecule has 5 nitrogen and oxygen atoms in total. The molecule has 0 amide bonds. The molecule has 2 aromatic rings. The van der Waals surface area contributed by atoms with E-state index < -0.39 is 0 Å². The second-order valence-corrected chi connectivity index (χ2v) is 8.22. The maximum atomic E-state index is 5.36. The third-order valence-corrected chi connectivity index (χ3v) is 6.23. The van der Waals surface area contributed by atoms with E-state index >= 15 is 0 Å². The van der Waals surface area contributed by atoms with Crippen LogP contribution in [0.25, 0.3) is 6.08 Å². The number of piperidine rings is 1. The molecular weight excluding hydrogens is 350 g/mol. The zero-order valence-corrected chi connectivity index (χ0v) is 17.2. The number of hydrogen-bond acceptors (Lipinski definition) is 5. The van der Waals surface area contributed by atoms with E-state index in [4.69, 9.17) is 9.26 Å². The highest BCUT2D eigenvalue weighted by atomic mass is 16.5. The number of methoxy groups -OCH3 is 1. The summed E-state index contributed by atoms with van der Waals surface area (Å²) in [6.07, 6.45) is 7.18. The molecule has 2 bridgehead atoms. The lowest BCUT2D eigenvalue weighted by molar-refractivity contribution is 0.146. The lowest BCUT2D eigenvalue weighted by atomic mass is 9.95. The second kappa shape index (κ2) is 8.50. The van der Waals surface area contributed by atoms with E-state index in [1.165, 1.54) is 37.1 Å². The van der Waals surface area contributed by atoms with Crippen molar-refractivity contribution in [3.63, 3.8) is 0 Å². The SMILES string of the molecule is COc1ccc(/C=C/CN2C[C@@H]3CC[C@H]2CN(Cc2c(C)noc2C)C3)cc1. The minimum atomic E-state index is 0.639. The Morgan fingerprint density at radius 2 is 1.96 bits per heavy atom. The van der Waals surface area contributed by atoms with Gasteiger partial charge in [-0.05, 0) is 50.3 Å². The van der Waals surface area contributed by atoms with E-state index in [1.807, 2.05) is 19.1 Å². The average Bonchev–Trinajstić information content (AvgIpc) is 2.88. The monoisotopic (exact) mass is 381 g/mol. The Bertz CT molecular complexity index is 792. The number of aryl methyl sites for hydroxylation is 2. The lowest BCUT2D eigenvalue weighted by Crippen LogP contribution is -2.43. The predicted octanol–water partition coefficient (Wildman–Crippen LogP) is 3.91. The van der Waals surface area contributed by atoms with Gasteiger partial charge >= 0.3 is 0 Å². The summed E-state index contributed by atoms with van der Waals surface area (Å²) < 4.78 is 10.6. The van der Waals surface area contributed by atoms with Crippen molar-refractivity contribution in [3.8, 4) is 5.75 Å². The molecule has 1 aromatic heterocycles. The highest BCUT2D eigenvalue weighted by molar-refractivity contribution is 5.50. The smallest absolute Gasteiger partial charge is 0.138 e.